The molecular formula is C19H28N2O2. The molecule has 0 spiro atoms. The third kappa shape index (κ3) is 4.57. The Bertz CT molecular complexity index is 529. The number of carbonyl (C=O) groups is 2. The molecule has 0 heterocycles. The van der Waals surface area contributed by atoms with Crippen molar-refractivity contribution in [1.82, 2.24) is 9.80 Å². The van der Waals surface area contributed by atoms with Crippen molar-refractivity contribution in [2.45, 2.75) is 39.7 Å². The SMILES string of the molecule is CCCCN(C)C(=O)C1CC1C(=O)N(CC)Cc1ccccc1. The Balaban J connectivity index is 1.89. The summed E-state index contributed by atoms with van der Waals surface area (Å²) in [6, 6.07) is 10.0. The number of nitrogens with zero attached hydrogens (tertiary/aromatic N) is 2. The molecule has 0 bridgehead atoms. The summed E-state index contributed by atoms with van der Waals surface area (Å²) in [7, 11) is 1.85. The molecule has 0 radical (unpaired) electrons. The molecule has 2 atom stereocenters. The van der Waals surface area contributed by atoms with Crippen molar-refractivity contribution < 1.29 is 9.59 Å². The average molecular weight is 316 g/mol. The van der Waals surface area contributed by atoms with E-state index in [-0.39, 0.29) is 23.7 Å². The molecule has 1 aliphatic carbocycles. The first-order valence-electron chi connectivity index (χ1n) is 8.66. The predicted molar refractivity (Wildman–Crippen MR) is 91.7 cm³/mol. The Kier molecular flexibility index (Phi) is 6.20. The van der Waals surface area contributed by atoms with E-state index in [0.29, 0.717) is 19.5 Å². The number of amides is 2. The molecule has 1 fully saturated rings. The van der Waals surface area contributed by atoms with E-state index in [1.165, 1.54) is 0 Å². The monoisotopic (exact) mass is 316 g/mol. The largest absolute Gasteiger partial charge is 0.346 e. The highest BCUT2D eigenvalue weighted by Gasteiger charge is 2.50. The van der Waals surface area contributed by atoms with Gasteiger partial charge in [-0.05, 0) is 25.3 Å². The maximum atomic E-state index is 12.6. The minimum absolute atomic E-state index is 0.103. The van der Waals surface area contributed by atoms with Gasteiger partial charge in [0, 0.05) is 26.7 Å². The molecule has 1 aromatic carbocycles. The van der Waals surface area contributed by atoms with Gasteiger partial charge in [-0.15, -0.1) is 0 Å². The van der Waals surface area contributed by atoms with Crippen LogP contribution in [-0.4, -0.2) is 41.8 Å². The molecule has 4 heteroatoms. The third-order valence-corrected chi connectivity index (χ3v) is 4.56. The second kappa shape index (κ2) is 8.14. The van der Waals surface area contributed by atoms with Crippen molar-refractivity contribution in [1.29, 1.82) is 0 Å². The third-order valence-electron chi connectivity index (χ3n) is 4.56. The highest BCUT2D eigenvalue weighted by molar-refractivity contribution is 5.92. The Morgan fingerprint density at radius 1 is 1.09 bits per heavy atom. The maximum Gasteiger partial charge on any atom is 0.226 e. The summed E-state index contributed by atoms with van der Waals surface area (Å²) in [5.74, 6) is 0.0376. The molecule has 0 N–H and O–H groups in total. The minimum Gasteiger partial charge on any atom is -0.346 e. The zero-order chi connectivity index (χ0) is 16.8. The number of hydrogen-bond acceptors (Lipinski definition) is 2. The second-order valence-electron chi connectivity index (χ2n) is 6.40. The van der Waals surface area contributed by atoms with Crippen LogP contribution in [0.1, 0.15) is 38.7 Å². The van der Waals surface area contributed by atoms with Gasteiger partial charge in [0.05, 0.1) is 11.8 Å². The quantitative estimate of drug-likeness (QED) is 0.740. The summed E-state index contributed by atoms with van der Waals surface area (Å²) in [5.41, 5.74) is 1.13. The van der Waals surface area contributed by atoms with Crippen LogP contribution in [0.25, 0.3) is 0 Å². The fraction of sp³-hybridized carbons (Fsp3) is 0.579. The summed E-state index contributed by atoms with van der Waals surface area (Å²) in [6.45, 7) is 6.20. The van der Waals surface area contributed by atoms with Crippen molar-refractivity contribution >= 4 is 11.8 Å². The average Bonchev–Trinajstić information content (AvgIpc) is 3.37. The molecule has 1 aliphatic rings. The van der Waals surface area contributed by atoms with Gasteiger partial charge in [-0.1, -0.05) is 43.7 Å². The fourth-order valence-electron chi connectivity index (χ4n) is 2.91. The minimum atomic E-state index is -0.116. The summed E-state index contributed by atoms with van der Waals surface area (Å²) >= 11 is 0. The van der Waals surface area contributed by atoms with Crippen LogP contribution in [0.3, 0.4) is 0 Å². The van der Waals surface area contributed by atoms with Crippen molar-refractivity contribution in [2.75, 3.05) is 20.1 Å². The van der Waals surface area contributed by atoms with Crippen LogP contribution in [0.2, 0.25) is 0 Å². The molecule has 1 aromatic rings. The Labute approximate surface area is 139 Å². The molecule has 2 unspecified atom stereocenters. The topological polar surface area (TPSA) is 40.6 Å². The first-order chi connectivity index (χ1) is 11.1. The molecular weight excluding hydrogens is 288 g/mol. The molecule has 1 saturated carbocycles. The van der Waals surface area contributed by atoms with E-state index in [1.807, 2.05) is 49.2 Å². The van der Waals surface area contributed by atoms with Crippen molar-refractivity contribution in [3.63, 3.8) is 0 Å². The van der Waals surface area contributed by atoms with Gasteiger partial charge in [-0.3, -0.25) is 9.59 Å². The lowest BCUT2D eigenvalue weighted by molar-refractivity contribution is -0.137. The van der Waals surface area contributed by atoms with E-state index in [1.54, 1.807) is 4.90 Å². The highest BCUT2D eigenvalue weighted by Crippen LogP contribution is 2.41. The van der Waals surface area contributed by atoms with Crippen molar-refractivity contribution in [3.05, 3.63) is 35.9 Å². The van der Waals surface area contributed by atoms with E-state index in [4.69, 9.17) is 0 Å². The number of hydrogen-bond donors (Lipinski definition) is 0. The van der Waals surface area contributed by atoms with Gasteiger partial charge in [0.15, 0.2) is 0 Å². The van der Waals surface area contributed by atoms with Gasteiger partial charge in [-0.25, -0.2) is 0 Å². The summed E-state index contributed by atoms with van der Waals surface area (Å²) < 4.78 is 0. The van der Waals surface area contributed by atoms with Crippen LogP contribution in [0.15, 0.2) is 30.3 Å². The zero-order valence-corrected chi connectivity index (χ0v) is 14.5. The lowest BCUT2D eigenvalue weighted by Gasteiger charge is -2.22. The molecule has 2 amide bonds. The fourth-order valence-corrected chi connectivity index (χ4v) is 2.91. The van der Waals surface area contributed by atoms with E-state index < -0.39 is 0 Å². The van der Waals surface area contributed by atoms with Crippen LogP contribution in [-0.2, 0) is 16.1 Å². The lowest BCUT2D eigenvalue weighted by atomic mass is 10.2. The highest BCUT2D eigenvalue weighted by atomic mass is 16.2. The zero-order valence-electron chi connectivity index (χ0n) is 14.5. The Hall–Kier alpha value is -1.84. The Morgan fingerprint density at radius 3 is 2.35 bits per heavy atom. The van der Waals surface area contributed by atoms with E-state index >= 15 is 0 Å². The smallest absolute Gasteiger partial charge is 0.226 e. The second-order valence-corrected chi connectivity index (χ2v) is 6.40. The van der Waals surface area contributed by atoms with E-state index in [9.17, 15) is 9.59 Å². The van der Waals surface area contributed by atoms with Crippen LogP contribution >= 0.6 is 0 Å². The molecule has 2 rings (SSSR count). The number of benzene rings is 1. The number of unbranched alkanes of at least 4 members (excludes halogenated alkanes) is 1. The normalized spacial score (nSPS) is 19.3. The van der Waals surface area contributed by atoms with Crippen LogP contribution < -0.4 is 0 Å². The molecule has 23 heavy (non-hydrogen) atoms. The summed E-state index contributed by atoms with van der Waals surface area (Å²) in [4.78, 5) is 28.6. The maximum absolute atomic E-state index is 12.6. The summed E-state index contributed by atoms with van der Waals surface area (Å²) in [6.07, 6.45) is 2.80. The van der Waals surface area contributed by atoms with Gasteiger partial charge in [0.25, 0.3) is 0 Å². The lowest BCUT2D eigenvalue weighted by Crippen LogP contribution is -2.34. The van der Waals surface area contributed by atoms with Gasteiger partial charge < -0.3 is 9.80 Å². The van der Waals surface area contributed by atoms with E-state index in [0.717, 1.165) is 24.9 Å². The molecule has 4 nitrogen and oxygen atoms in total. The predicted octanol–water partition coefficient (Wildman–Crippen LogP) is 2.93. The van der Waals surface area contributed by atoms with Crippen molar-refractivity contribution in [3.8, 4) is 0 Å². The van der Waals surface area contributed by atoms with Crippen LogP contribution in [0.5, 0.6) is 0 Å². The number of carbonyl (C=O) groups excluding carboxylic acids is 2. The van der Waals surface area contributed by atoms with Crippen molar-refractivity contribution in [2.24, 2.45) is 11.8 Å². The number of rotatable bonds is 8. The standard InChI is InChI=1S/C19H28N2O2/c1-4-6-12-20(3)18(22)16-13-17(16)19(23)21(5-2)14-15-10-8-7-9-11-15/h7-11,16-17H,4-6,12-14H2,1-3H3. The van der Waals surface area contributed by atoms with Crippen LogP contribution in [0, 0.1) is 11.8 Å². The summed E-state index contributed by atoms with van der Waals surface area (Å²) in [5, 5.41) is 0. The van der Waals surface area contributed by atoms with Gasteiger partial charge in [0.1, 0.15) is 0 Å². The van der Waals surface area contributed by atoms with Gasteiger partial charge in [0.2, 0.25) is 11.8 Å². The molecule has 0 aliphatic heterocycles. The molecule has 0 aromatic heterocycles. The van der Waals surface area contributed by atoms with Gasteiger partial charge in [-0.2, -0.15) is 0 Å². The van der Waals surface area contributed by atoms with E-state index in [2.05, 4.69) is 6.92 Å². The Morgan fingerprint density at radius 2 is 1.74 bits per heavy atom. The van der Waals surface area contributed by atoms with Crippen LogP contribution in [0.4, 0.5) is 0 Å². The first-order valence-corrected chi connectivity index (χ1v) is 8.66. The first kappa shape index (κ1) is 17.5. The molecule has 126 valence electrons. The van der Waals surface area contributed by atoms with Gasteiger partial charge >= 0.3 is 0 Å². The molecule has 0 saturated heterocycles.